The highest BCUT2D eigenvalue weighted by atomic mass is 16.6. The van der Waals surface area contributed by atoms with Crippen LogP contribution < -0.4 is 19.6 Å². The summed E-state index contributed by atoms with van der Waals surface area (Å²) in [6, 6.07) is 20.4. The van der Waals surface area contributed by atoms with Crippen LogP contribution in [0.25, 0.3) is 0 Å². The molecule has 1 amide bonds. The van der Waals surface area contributed by atoms with Gasteiger partial charge >= 0.3 is 5.97 Å². The molecule has 3 rings (SSSR count). The first-order valence-electron chi connectivity index (χ1n) is 10.3. The van der Waals surface area contributed by atoms with Crippen molar-refractivity contribution in [2.45, 2.75) is 6.92 Å². The van der Waals surface area contributed by atoms with Crippen LogP contribution in [0.5, 0.6) is 17.2 Å². The number of benzene rings is 3. The third-order valence-electron chi connectivity index (χ3n) is 4.34. The molecule has 0 heterocycles. The normalized spacial score (nSPS) is 10.5. The third-order valence-corrected chi connectivity index (χ3v) is 4.34. The average Bonchev–Trinajstić information content (AvgIpc) is 2.85. The molecule has 0 aliphatic carbocycles. The molecule has 0 radical (unpaired) electrons. The molecule has 0 saturated heterocycles. The van der Waals surface area contributed by atoms with Crippen molar-refractivity contribution < 1.29 is 23.8 Å². The van der Waals surface area contributed by atoms with Gasteiger partial charge in [-0.1, -0.05) is 30.9 Å². The van der Waals surface area contributed by atoms with Crippen LogP contribution in [-0.4, -0.2) is 31.3 Å². The quantitative estimate of drug-likeness (QED) is 0.162. The molecule has 33 heavy (non-hydrogen) atoms. The fraction of sp³-hybridized carbons (Fsp3) is 0.115. The monoisotopic (exact) mass is 444 g/mol. The molecular weight excluding hydrogens is 420 g/mol. The maximum atomic E-state index is 12.3. The van der Waals surface area contributed by atoms with Crippen LogP contribution in [0.1, 0.15) is 33.2 Å². The molecule has 0 aromatic heterocycles. The number of carbonyl (C=O) groups is 2. The van der Waals surface area contributed by atoms with Gasteiger partial charge in [0, 0.05) is 5.56 Å². The minimum atomic E-state index is -0.480. The van der Waals surface area contributed by atoms with Crippen LogP contribution in [0.4, 0.5) is 0 Å². The number of hydrazone groups is 1. The summed E-state index contributed by atoms with van der Waals surface area (Å²) in [6.07, 6.45) is 3.12. The van der Waals surface area contributed by atoms with E-state index < -0.39 is 5.97 Å². The maximum absolute atomic E-state index is 12.3. The fourth-order valence-electron chi connectivity index (χ4n) is 2.78. The largest absolute Gasteiger partial charge is 0.490 e. The Morgan fingerprint density at radius 2 is 1.70 bits per heavy atom. The lowest BCUT2D eigenvalue weighted by molar-refractivity contribution is 0.0728. The zero-order valence-corrected chi connectivity index (χ0v) is 18.2. The van der Waals surface area contributed by atoms with E-state index in [2.05, 4.69) is 17.1 Å². The Hall–Kier alpha value is -4.39. The van der Waals surface area contributed by atoms with Crippen molar-refractivity contribution >= 4 is 18.1 Å². The molecule has 168 valence electrons. The summed E-state index contributed by atoms with van der Waals surface area (Å²) < 4.78 is 16.5. The summed E-state index contributed by atoms with van der Waals surface area (Å²) in [6.45, 7) is 6.20. The second-order valence-electron chi connectivity index (χ2n) is 6.72. The molecule has 0 aliphatic heterocycles. The van der Waals surface area contributed by atoms with E-state index in [1.54, 1.807) is 72.8 Å². The highest BCUT2D eigenvalue weighted by molar-refractivity contribution is 5.95. The summed E-state index contributed by atoms with van der Waals surface area (Å²) in [5.74, 6) is 0.496. The van der Waals surface area contributed by atoms with Gasteiger partial charge in [-0.3, -0.25) is 4.79 Å². The van der Waals surface area contributed by atoms with E-state index >= 15 is 0 Å². The summed E-state index contributed by atoms with van der Waals surface area (Å²) in [4.78, 5) is 24.6. The zero-order chi connectivity index (χ0) is 23.5. The highest BCUT2D eigenvalue weighted by Gasteiger charge is 2.13. The number of esters is 1. The summed E-state index contributed by atoms with van der Waals surface area (Å²) in [5, 5.41) is 4.00. The first-order chi connectivity index (χ1) is 16.1. The number of rotatable bonds is 10. The Morgan fingerprint density at radius 1 is 0.939 bits per heavy atom. The Labute approximate surface area is 192 Å². The molecule has 3 aromatic rings. The van der Waals surface area contributed by atoms with Gasteiger partial charge in [-0.05, 0) is 67.1 Å². The van der Waals surface area contributed by atoms with E-state index in [4.69, 9.17) is 14.2 Å². The number of nitrogens with one attached hydrogen (secondary N) is 1. The average molecular weight is 444 g/mol. The lowest BCUT2D eigenvalue weighted by Gasteiger charge is -2.11. The number of hydrogen-bond acceptors (Lipinski definition) is 6. The standard InChI is InChI=1S/C26H24N2O5/c1-3-16-32-22-13-11-20(12-14-22)25(29)28-27-18-19-10-15-23(24(17-19)31-4-2)33-26(30)21-8-6-5-7-9-21/h3,5-15,17-18H,1,4,16H2,2H3,(H,28,29)/b27-18+. The van der Waals surface area contributed by atoms with Crippen molar-refractivity contribution in [1.29, 1.82) is 0 Å². The van der Waals surface area contributed by atoms with Gasteiger partial charge in [-0.2, -0.15) is 5.10 Å². The van der Waals surface area contributed by atoms with Gasteiger partial charge < -0.3 is 14.2 Å². The van der Waals surface area contributed by atoms with E-state index in [9.17, 15) is 9.59 Å². The number of ether oxygens (including phenoxy) is 3. The number of hydrogen-bond donors (Lipinski definition) is 1. The molecular formula is C26H24N2O5. The van der Waals surface area contributed by atoms with Crippen molar-refractivity contribution in [3.05, 3.63) is 102 Å². The molecule has 0 saturated carbocycles. The molecule has 7 heteroatoms. The molecule has 7 nitrogen and oxygen atoms in total. The van der Waals surface area contributed by atoms with Crippen molar-refractivity contribution in [1.82, 2.24) is 5.43 Å². The summed E-state index contributed by atoms with van der Waals surface area (Å²) >= 11 is 0. The predicted octanol–water partition coefficient (Wildman–Crippen LogP) is 4.63. The number of nitrogens with zero attached hydrogens (tertiary/aromatic N) is 1. The second-order valence-corrected chi connectivity index (χ2v) is 6.72. The van der Waals surface area contributed by atoms with Gasteiger partial charge in [0.25, 0.3) is 5.91 Å². The van der Waals surface area contributed by atoms with Gasteiger partial charge in [0.15, 0.2) is 11.5 Å². The fourth-order valence-corrected chi connectivity index (χ4v) is 2.78. The third kappa shape index (κ3) is 6.80. The maximum Gasteiger partial charge on any atom is 0.343 e. The van der Waals surface area contributed by atoms with E-state index in [1.807, 2.05) is 13.0 Å². The minimum absolute atomic E-state index is 0.297. The molecule has 0 atom stereocenters. The van der Waals surface area contributed by atoms with Gasteiger partial charge in [0.2, 0.25) is 0 Å². The van der Waals surface area contributed by atoms with E-state index in [1.165, 1.54) is 6.21 Å². The van der Waals surface area contributed by atoms with Crippen LogP contribution in [0, 0.1) is 0 Å². The number of carbonyl (C=O) groups excluding carboxylic acids is 2. The van der Waals surface area contributed by atoms with Crippen LogP contribution in [0.2, 0.25) is 0 Å². The SMILES string of the molecule is C=CCOc1ccc(C(=O)N/N=C/c2ccc(OC(=O)c3ccccc3)c(OCC)c2)cc1. The Kier molecular flexibility index (Phi) is 8.36. The highest BCUT2D eigenvalue weighted by Crippen LogP contribution is 2.29. The van der Waals surface area contributed by atoms with Gasteiger partial charge in [-0.25, -0.2) is 10.2 Å². The van der Waals surface area contributed by atoms with E-state index in [0.29, 0.717) is 47.2 Å². The lowest BCUT2D eigenvalue weighted by atomic mass is 10.2. The topological polar surface area (TPSA) is 86.2 Å². The first kappa shape index (κ1) is 23.3. The molecule has 1 N–H and O–H groups in total. The molecule has 0 spiro atoms. The Morgan fingerprint density at radius 3 is 2.39 bits per heavy atom. The van der Waals surface area contributed by atoms with Crippen molar-refractivity contribution in [3.63, 3.8) is 0 Å². The van der Waals surface area contributed by atoms with Crippen molar-refractivity contribution in [3.8, 4) is 17.2 Å². The van der Waals surface area contributed by atoms with Crippen LogP contribution in [-0.2, 0) is 0 Å². The van der Waals surface area contributed by atoms with Crippen molar-refractivity contribution in [2.75, 3.05) is 13.2 Å². The lowest BCUT2D eigenvalue weighted by Crippen LogP contribution is -2.17. The predicted molar refractivity (Wildman–Crippen MR) is 126 cm³/mol. The Balaban J connectivity index is 1.64. The Bertz CT molecular complexity index is 1130. The van der Waals surface area contributed by atoms with Gasteiger partial charge in [-0.15, -0.1) is 0 Å². The zero-order valence-electron chi connectivity index (χ0n) is 18.2. The van der Waals surface area contributed by atoms with Crippen LogP contribution in [0.15, 0.2) is 90.6 Å². The van der Waals surface area contributed by atoms with Gasteiger partial charge in [0.1, 0.15) is 12.4 Å². The molecule has 0 aliphatic rings. The van der Waals surface area contributed by atoms with Crippen LogP contribution >= 0.6 is 0 Å². The van der Waals surface area contributed by atoms with E-state index in [-0.39, 0.29) is 5.91 Å². The van der Waals surface area contributed by atoms with Crippen LogP contribution in [0.3, 0.4) is 0 Å². The molecule has 0 unspecified atom stereocenters. The first-order valence-corrected chi connectivity index (χ1v) is 10.3. The van der Waals surface area contributed by atoms with E-state index in [0.717, 1.165) is 0 Å². The second kappa shape index (κ2) is 11.9. The minimum Gasteiger partial charge on any atom is -0.490 e. The molecule has 0 bridgehead atoms. The molecule has 3 aromatic carbocycles. The molecule has 0 fully saturated rings. The summed E-state index contributed by atoms with van der Waals surface area (Å²) in [5.41, 5.74) is 4.02. The summed E-state index contributed by atoms with van der Waals surface area (Å²) in [7, 11) is 0. The number of amides is 1. The smallest absolute Gasteiger partial charge is 0.343 e. The van der Waals surface area contributed by atoms with Crippen molar-refractivity contribution in [2.24, 2.45) is 5.10 Å². The van der Waals surface area contributed by atoms with Gasteiger partial charge in [0.05, 0.1) is 18.4 Å².